The van der Waals surface area contributed by atoms with Crippen LogP contribution in [-0.2, 0) is 19.2 Å². The molecule has 5 rings (SSSR count). The van der Waals surface area contributed by atoms with Gasteiger partial charge in [0.05, 0.1) is 0 Å². The second-order valence-electron chi connectivity index (χ2n) is 8.97. The van der Waals surface area contributed by atoms with Gasteiger partial charge in [-0.15, -0.1) is 11.8 Å². The van der Waals surface area contributed by atoms with Crippen LogP contribution in [0.2, 0.25) is 0 Å². The van der Waals surface area contributed by atoms with Crippen LogP contribution >= 0.6 is 23.3 Å². The molecule has 1 aromatic rings. The molecule has 0 saturated carbocycles. The summed E-state index contributed by atoms with van der Waals surface area (Å²) >= 11 is 2.06. The van der Waals surface area contributed by atoms with Crippen LogP contribution in [0.15, 0.2) is 28.1 Å². The van der Waals surface area contributed by atoms with Crippen LogP contribution in [0.4, 0.5) is 5.13 Å². The number of oxime groups is 1. The average Bonchev–Trinajstić information content (AvgIpc) is 3.44. The van der Waals surface area contributed by atoms with E-state index in [0.717, 1.165) is 29.5 Å². The summed E-state index contributed by atoms with van der Waals surface area (Å²) < 4.78 is 3.82. The van der Waals surface area contributed by atoms with E-state index in [4.69, 9.17) is 5.73 Å². The van der Waals surface area contributed by atoms with Crippen molar-refractivity contribution in [1.29, 1.82) is 0 Å². The molecule has 1 aromatic heterocycles. The number of likely N-dealkylation sites (tertiary alicyclic amines) is 1. The van der Waals surface area contributed by atoms with E-state index < -0.39 is 34.9 Å². The van der Waals surface area contributed by atoms with Crippen molar-refractivity contribution < 1.29 is 29.5 Å². The van der Waals surface area contributed by atoms with Gasteiger partial charge in [0.15, 0.2) is 5.13 Å². The zero-order valence-corrected chi connectivity index (χ0v) is 21.5. The molecule has 0 radical (unpaired) electrons. The van der Waals surface area contributed by atoms with Gasteiger partial charge in [0.25, 0.3) is 11.8 Å². The smallest absolute Gasteiger partial charge is 0.352 e. The third-order valence-electron chi connectivity index (χ3n) is 6.61. The summed E-state index contributed by atoms with van der Waals surface area (Å²) in [5.41, 5.74) is 5.63. The number of hydrogen-bond donors (Lipinski definition) is 6. The molecule has 0 spiro atoms. The van der Waals surface area contributed by atoms with E-state index >= 15 is 0 Å². The molecule has 0 aromatic carbocycles. The minimum atomic E-state index is -1.30. The van der Waals surface area contributed by atoms with Crippen molar-refractivity contribution in [3.63, 3.8) is 0 Å². The highest BCUT2D eigenvalue weighted by molar-refractivity contribution is 8.00. The molecule has 202 valence electrons. The fraction of sp³-hybridized carbons (Fsp3) is 0.476. The van der Waals surface area contributed by atoms with Gasteiger partial charge in [-0.05, 0) is 18.1 Å². The Labute approximate surface area is 224 Å². The number of nitrogens with one attached hydrogen (secondary N) is 3. The largest absolute Gasteiger partial charge is 0.477 e. The van der Waals surface area contributed by atoms with Crippen molar-refractivity contribution in [2.24, 2.45) is 5.16 Å². The number of anilines is 1. The van der Waals surface area contributed by atoms with Crippen LogP contribution in [-0.4, -0.2) is 115 Å². The number of amides is 3. The van der Waals surface area contributed by atoms with Gasteiger partial charge in [0, 0.05) is 61.6 Å². The highest BCUT2D eigenvalue weighted by Gasteiger charge is 2.54. The van der Waals surface area contributed by atoms with Crippen molar-refractivity contribution in [2.45, 2.75) is 23.9 Å². The Morgan fingerprint density at radius 2 is 2.11 bits per heavy atom. The lowest BCUT2D eigenvalue weighted by Crippen LogP contribution is -2.71. The minimum absolute atomic E-state index is 0.0623. The molecule has 7 N–H and O–H groups in total. The van der Waals surface area contributed by atoms with Crippen LogP contribution in [0.25, 0.3) is 0 Å². The number of aliphatic carboxylic acids is 1. The standard InChI is InChI=1S/C21H25N9O6S2/c22-21-26-15(28-38-21)12(27-36)16(31)25-13-18(33)30-14(20(34)35)10(8-37-19(13)30)5-9-1-3-29(17(9)32)4-2-24-11-6-23-7-11/h5,11,13,19,23-24,36H,1-4,6-8H2,(H,25,31)(H,34,35)(H2,22,26,28)/b9-5?,27-12-/t13-,19-/m1/s1. The summed E-state index contributed by atoms with van der Waals surface area (Å²) in [4.78, 5) is 57.3. The predicted octanol–water partition coefficient (Wildman–Crippen LogP) is -2.24. The summed E-state index contributed by atoms with van der Waals surface area (Å²) in [6, 6.07) is -0.628. The van der Waals surface area contributed by atoms with Crippen LogP contribution < -0.4 is 21.7 Å². The van der Waals surface area contributed by atoms with Crippen molar-refractivity contribution >= 4 is 57.8 Å². The van der Waals surface area contributed by atoms with Crippen molar-refractivity contribution in [2.75, 3.05) is 44.2 Å². The number of carboxylic acid groups (broad SMARTS) is 1. The van der Waals surface area contributed by atoms with Crippen LogP contribution in [0.1, 0.15) is 12.2 Å². The third kappa shape index (κ3) is 4.84. The maximum absolute atomic E-state index is 12.9. The zero-order chi connectivity index (χ0) is 27.0. The van der Waals surface area contributed by atoms with Gasteiger partial charge in [0.1, 0.15) is 17.1 Å². The quantitative estimate of drug-likeness (QED) is 0.0618. The van der Waals surface area contributed by atoms with E-state index in [9.17, 15) is 29.5 Å². The Balaban J connectivity index is 1.26. The van der Waals surface area contributed by atoms with Gasteiger partial charge < -0.3 is 36.9 Å². The molecule has 0 aliphatic carbocycles. The second kappa shape index (κ2) is 10.7. The third-order valence-corrected chi connectivity index (χ3v) is 8.46. The maximum Gasteiger partial charge on any atom is 0.352 e. The van der Waals surface area contributed by atoms with E-state index in [-0.39, 0.29) is 28.3 Å². The molecule has 2 atom stereocenters. The molecule has 3 fully saturated rings. The highest BCUT2D eigenvalue weighted by Crippen LogP contribution is 2.41. The molecule has 0 unspecified atom stereocenters. The van der Waals surface area contributed by atoms with Gasteiger partial charge in [-0.3, -0.25) is 19.3 Å². The van der Waals surface area contributed by atoms with Crippen molar-refractivity contribution in [3.8, 4) is 0 Å². The number of allylic oxidation sites excluding steroid dienone is 1. The molecule has 17 heteroatoms. The fourth-order valence-corrected chi connectivity index (χ4v) is 6.29. The molecule has 38 heavy (non-hydrogen) atoms. The number of rotatable bonds is 9. The van der Waals surface area contributed by atoms with Crippen LogP contribution in [0.5, 0.6) is 0 Å². The lowest BCUT2D eigenvalue weighted by Gasteiger charge is -2.49. The first kappa shape index (κ1) is 26.1. The predicted molar refractivity (Wildman–Crippen MR) is 136 cm³/mol. The second-order valence-corrected chi connectivity index (χ2v) is 10.9. The number of nitrogen functional groups attached to an aromatic ring is 1. The summed E-state index contributed by atoms with van der Waals surface area (Å²) in [5.74, 6) is -2.96. The molecule has 15 nitrogen and oxygen atoms in total. The number of nitrogens with two attached hydrogens (primary N) is 1. The van der Waals surface area contributed by atoms with E-state index in [2.05, 4.69) is 30.5 Å². The number of thioether (sulfide) groups is 1. The van der Waals surface area contributed by atoms with E-state index in [1.807, 2.05) is 0 Å². The molecule has 0 bridgehead atoms. The molecule has 3 amide bonds. The Morgan fingerprint density at radius 1 is 1.32 bits per heavy atom. The SMILES string of the molecule is Nc1nc(/C(=N/O)C(=O)N[C@@H]2C(=O)N3C(C(=O)O)=C(C=C4CCN(CCNC5CNC5)C4=O)CS[C@H]23)ns1. The van der Waals surface area contributed by atoms with Gasteiger partial charge in [-0.1, -0.05) is 5.16 Å². The highest BCUT2D eigenvalue weighted by atomic mass is 32.2. The monoisotopic (exact) mass is 563 g/mol. The van der Waals surface area contributed by atoms with Gasteiger partial charge >= 0.3 is 5.97 Å². The maximum atomic E-state index is 12.9. The van der Waals surface area contributed by atoms with Crippen LogP contribution in [0, 0.1) is 0 Å². The number of carbonyl (C=O) groups excluding carboxylic acids is 3. The number of hydrogen-bond acceptors (Lipinski definition) is 13. The molecular weight excluding hydrogens is 538 g/mol. The van der Waals surface area contributed by atoms with E-state index in [1.54, 1.807) is 11.0 Å². The van der Waals surface area contributed by atoms with Crippen molar-refractivity contribution in [1.82, 2.24) is 35.1 Å². The number of nitrogens with zero attached hydrogens (tertiary/aromatic N) is 5. The lowest BCUT2D eigenvalue weighted by atomic mass is 10.0. The minimum Gasteiger partial charge on any atom is -0.477 e. The topological polar surface area (TPSA) is 215 Å². The molecule has 4 aliphatic rings. The molecular formula is C21H25N9O6S2. The van der Waals surface area contributed by atoms with Crippen LogP contribution in [0.3, 0.4) is 0 Å². The summed E-state index contributed by atoms with van der Waals surface area (Å²) in [7, 11) is 0. The molecule has 5 heterocycles. The van der Waals surface area contributed by atoms with E-state index in [0.29, 0.717) is 43.2 Å². The zero-order valence-electron chi connectivity index (χ0n) is 19.9. The Morgan fingerprint density at radius 3 is 2.74 bits per heavy atom. The number of β-lactam (4-membered cyclic amide) rings is 1. The fourth-order valence-electron chi connectivity index (χ4n) is 4.55. The Bertz CT molecular complexity index is 1270. The molecule has 3 saturated heterocycles. The number of carboxylic acids is 1. The first-order valence-corrected chi connectivity index (χ1v) is 13.6. The lowest BCUT2D eigenvalue weighted by molar-refractivity contribution is -0.150. The van der Waals surface area contributed by atoms with Gasteiger partial charge in [-0.25, -0.2) is 4.79 Å². The van der Waals surface area contributed by atoms with Gasteiger partial charge in [0.2, 0.25) is 17.4 Å². The number of carbonyl (C=O) groups is 4. The summed E-state index contributed by atoms with van der Waals surface area (Å²) in [5, 5.41) is 30.5. The Kier molecular flexibility index (Phi) is 7.33. The first-order valence-electron chi connectivity index (χ1n) is 11.8. The Hall–Kier alpha value is -3.54. The van der Waals surface area contributed by atoms with Crippen molar-refractivity contribution in [3.05, 3.63) is 28.7 Å². The number of aromatic nitrogens is 2. The van der Waals surface area contributed by atoms with E-state index in [1.165, 1.54) is 11.8 Å². The average molecular weight is 564 g/mol. The normalized spacial score (nSPS) is 24.9. The molecule has 4 aliphatic heterocycles. The number of fused-ring (bicyclic) bond motifs is 1. The summed E-state index contributed by atoms with van der Waals surface area (Å²) in [6.07, 6.45) is 2.06. The summed E-state index contributed by atoms with van der Waals surface area (Å²) in [6.45, 7) is 3.61. The van der Waals surface area contributed by atoms with Gasteiger partial charge in [-0.2, -0.15) is 9.36 Å². The first-order chi connectivity index (χ1) is 18.3.